The molecule has 7 nitrogen and oxygen atoms in total. The number of amides is 1. The van der Waals surface area contributed by atoms with Crippen LogP contribution in [0.3, 0.4) is 0 Å². The summed E-state index contributed by atoms with van der Waals surface area (Å²) in [6, 6.07) is 5.44. The minimum Gasteiger partial charge on any atom is -0.496 e. The topological polar surface area (TPSA) is 120 Å². The van der Waals surface area contributed by atoms with Crippen LogP contribution in [0, 0.1) is 5.82 Å². The van der Waals surface area contributed by atoms with Gasteiger partial charge < -0.3 is 21.5 Å². The SMILES string of the molecule is CC[C@@H](N[C@H](C)CC(N)=O)c1ccc(OC)c(C(=O)c2ccc(N)nc2)c1F. The minimum atomic E-state index is -0.674. The van der Waals surface area contributed by atoms with Gasteiger partial charge in [-0.3, -0.25) is 9.59 Å². The van der Waals surface area contributed by atoms with Gasteiger partial charge in [0.15, 0.2) is 0 Å². The number of nitrogen functional groups attached to an aromatic ring is 1. The molecule has 2 rings (SSSR count). The van der Waals surface area contributed by atoms with Crippen molar-refractivity contribution in [1.82, 2.24) is 10.3 Å². The number of ketones is 1. The fraction of sp³-hybridized carbons (Fsp3) is 0.350. The van der Waals surface area contributed by atoms with Crippen molar-refractivity contribution in [1.29, 1.82) is 0 Å². The number of primary amides is 1. The van der Waals surface area contributed by atoms with E-state index in [0.29, 0.717) is 12.0 Å². The Balaban J connectivity index is 2.44. The lowest BCUT2D eigenvalue weighted by molar-refractivity contribution is -0.118. The number of hydrogen-bond acceptors (Lipinski definition) is 6. The number of hydrogen-bond donors (Lipinski definition) is 3. The molecule has 0 fully saturated rings. The van der Waals surface area contributed by atoms with E-state index in [4.69, 9.17) is 16.2 Å². The molecule has 150 valence electrons. The highest BCUT2D eigenvalue weighted by atomic mass is 19.1. The van der Waals surface area contributed by atoms with Crippen LogP contribution in [0.4, 0.5) is 10.2 Å². The Morgan fingerprint density at radius 2 is 2.00 bits per heavy atom. The van der Waals surface area contributed by atoms with Gasteiger partial charge in [0.25, 0.3) is 0 Å². The van der Waals surface area contributed by atoms with E-state index < -0.39 is 23.5 Å². The normalized spacial score (nSPS) is 13.0. The second-order valence-corrected chi connectivity index (χ2v) is 6.55. The number of nitrogens with zero attached hydrogens (tertiary/aromatic N) is 1. The fourth-order valence-corrected chi connectivity index (χ4v) is 3.04. The average molecular weight is 388 g/mol. The van der Waals surface area contributed by atoms with Crippen LogP contribution in [0.5, 0.6) is 5.75 Å². The zero-order chi connectivity index (χ0) is 20.8. The molecule has 0 saturated carbocycles. The molecule has 0 radical (unpaired) electrons. The second-order valence-electron chi connectivity index (χ2n) is 6.55. The van der Waals surface area contributed by atoms with E-state index in [9.17, 15) is 9.59 Å². The number of benzene rings is 1. The van der Waals surface area contributed by atoms with Crippen molar-refractivity contribution in [3.63, 3.8) is 0 Å². The molecule has 0 bridgehead atoms. The summed E-state index contributed by atoms with van der Waals surface area (Å²) in [6.07, 6.45) is 1.97. The van der Waals surface area contributed by atoms with Gasteiger partial charge in [0.2, 0.25) is 11.7 Å². The largest absolute Gasteiger partial charge is 0.496 e. The maximum atomic E-state index is 15.4. The molecule has 2 atom stereocenters. The summed E-state index contributed by atoms with van der Waals surface area (Å²) in [5.41, 5.74) is 11.1. The Bertz CT molecular complexity index is 855. The number of pyridine rings is 1. The van der Waals surface area contributed by atoms with Gasteiger partial charge in [-0.25, -0.2) is 9.37 Å². The molecule has 2 aromatic rings. The van der Waals surface area contributed by atoms with Gasteiger partial charge in [-0.05, 0) is 31.5 Å². The number of carbonyl (C=O) groups excluding carboxylic acids is 2. The number of rotatable bonds is 9. The lowest BCUT2D eigenvalue weighted by Crippen LogP contribution is -2.34. The predicted molar refractivity (Wildman–Crippen MR) is 104 cm³/mol. The molecule has 28 heavy (non-hydrogen) atoms. The lowest BCUT2D eigenvalue weighted by Gasteiger charge is -2.23. The molecule has 0 aliphatic carbocycles. The van der Waals surface area contributed by atoms with Crippen LogP contribution in [-0.4, -0.2) is 29.8 Å². The van der Waals surface area contributed by atoms with Gasteiger partial charge in [-0.2, -0.15) is 0 Å². The standard InChI is InChI=1S/C20H25FN4O3/c1-4-14(25-11(2)9-17(23)26)13-6-7-15(28-3)18(19(13)21)20(27)12-5-8-16(22)24-10-12/h5-8,10-11,14,25H,4,9H2,1-3H3,(H2,22,24)(H2,23,26)/t11-,14-/m1/s1. The molecule has 8 heteroatoms. The van der Waals surface area contributed by atoms with Gasteiger partial charge >= 0.3 is 0 Å². The van der Waals surface area contributed by atoms with Gasteiger partial charge in [0.05, 0.1) is 7.11 Å². The Morgan fingerprint density at radius 3 is 2.54 bits per heavy atom. The fourth-order valence-electron chi connectivity index (χ4n) is 3.04. The number of aromatic nitrogens is 1. The highest BCUT2D eigenvalue weighted by Crippen LogP contribution is 2.31. The zero-order valence-electron chi connectivity index (χ0n) is 16.2. The summed E-state index contributed by atoms with van der Waals surface area (Å²) < 4.78 is 20.6. The maximum absolute atomic E-state index is 15.4. The number of halogens is 1. The third kappa shape index (κ3) is 4.83. The van der Waals surface area contributed by atoms with Gasteiger partial charge in [0.1, 0.15) is 22.9 Å². The molecule has 0 spiro atoms. The van der Waals surface area contributed by atoms with Crippen molar-refractivity contribution in [2.24, 2.45) is 5.73 Å². The van der Waals surface area contributed by atoms with Crippen LogP contribution >= 0.6 is 0 Å². The van der Waals surface area contributed by atoms with Crippen molar-refractivity contribution < 1.29 is 18.7 Å². The van der Waals surface area contributed by atoms with Crippen molar-refractivity contribution in [3.05, 3.63) is 53.0 Å². The molecular weight excluding hydrogens is 363 g/mol. The number of carbonyl (C=O) groups is 2. The second kappa shape index (κ2) is 9.27. The van der Waals surface area contributed by atoms with Gasteiger partial charge in [-0.1, -0.05) is 13.0 Å². The summed E-state index contributed by atoms with van der Waals surface area (Å²) in [7, 11) is 1.37. The molecule has 0 saturated heterocycles. The molecule has 5 N–H and O–H groups in total. The van der Waals surface area contributed by atoms with Crippen LogP contribution in [0.25, 0.3) is 0 Å². The summed E-state index contributed by atoms with van der Waals surface area (Å²) in [5, 5.41) is 3.18. The van der Waals surface area contributed by atoms with Crippen LogP contribution in [0.1, 0.15) is 54.2 Å². The molecule has 1 amide bonds. The first-order chi connectivity index (χ1) is 13.3. The predicted octanol–water partition coefficient (Wildman–Crippen LogP) is 2.35. The molecule has 1 heterocycles. The van der Waals surface area contributed by atoms with Crippen molar-refractivity contribution >= 4 is 17.5 Å². The first kappa shape index (κ1) is 21.3. The Morgan fingerprint density at radius 1 is 1.29 bits per heavy atom. The van der Waals surface area contributed by atoms with Crippen LogP contribution in [0.15, 0.2) is 30.5 Å². The molecule has 0 unspecified atom stereocenters. The molecule has 1 aromatic heterocycles. The van der Waals surface area contributed by atoms with Crippen LogP contribution in [-0.2, 0) is 4.79 Å². The molecular formula is C20H25FN4O3. The minimum absolute atomic E-state index is 0.122. The Kier molecular flexibility index (Phi) is 7.06. The van der Waals surface area contributed by atoms with E-state index in [1.165, 1.54) is 25.4 Å². The van der Waals surface area contributed by atoms with E-state index in [1.807, 2.05) is 6.92 Å². The summed E-state index contributed by atoms with van der Waals surface area (Å²) in [6.45, 7) is 3.67. The van der Waals surface area contributed by atoms with Crippen LogP contribution in [0.2, 0.25) is 0 Å². The number of nitrogens with one attached hydrogen (secondary N) is 1. The summed E-state index contributed by atoms with van der Waals surface area (Å²) in [5.74, 6) is -1.29. The highest BCUT2D eigenvalue weighted by molar-refractivity contribution is 6.11. The molecule has 0 aliphatic heterocycles. The number of nitrogens with two attached hydrogens (primary N) is 2. The van der Waals surface area contributed by atoms with Gasteiger partial charge in [0, 0.05) is 35.8 Å². The number of anilines is 1. The van der Waals surface area contributed by atoms with E-state index in [1.54, 1.807) is 19.1 Å². The zero-order valence-corrected chi connectivity index (χ0v) is 16.2. The quantitative estimate of drug-likeness (QED) is 0.567. The van der Waals surface area contributed by atoms with Crippen LogP contribution < -0.4 is 21.5 Å². The molecule has 1 aromatic carbocycles. The third-order valence-corrected chi connectivity index (χ3v) is 4.41. The average Bonchev–Trinajstić information content (AvgIpc) is 2.65. The Labute approximate surface area is 163 Å². The molecule has 0 aliphatic rings. The summed E-state index contributed by atoms with van der Waals surface area (Å²) in [4.78, 5) is 27.9. The number of methoxy groups -OCH3 is 1. The number of ether oxygens (including phenoxy) is 1. The summed E-state index contributed by atoms with van der Waals surface area (Å²) >= 11 is 0. The highest BCUT2D eigenvalue weighted by Gasteiger charge is 2.26. The maximum Gasteiger partial charge on any atom is 0.218 e. The lowest BCUT2D eigenvalue weighted by atomic mass is 9.95. The Hall–Kier alpha value is -3.00. The monoisotopic (exact) mass is 388 g/mol. The van der Waals surface area contributed by atoms with E-state index >= 15 is 4.39 Å². The van der Waals surface area contributed by atoms with Crippen molar-refractivity contribution in [3.8, 4) is 5.75 Å². The smallest absolute Gasteiger partial charge is 0.218 e. The van der Waals surface area contributed by atoms with Crippen molar-refractivity contribution in [2.75, 3.05) is 12.8 Å². The first-order valence-electron chi connectivity index (χ1n) is 8.95. The third-order valence-electron chi connectivity index (χ3n) is 4.41. The van der Waals surface area contributed by atoms with E-state index in [2.05, 4.69) is 10.3 Å². The van der Waals surface area contributed by atoms with Crippen molar-refractivity contribution in [2.45, 2.75) is 38.8 Å². The van der Waals surface area contributed by atoms with E-state index in [-0.39, 0.29) is 35.2 Å². The van der Waals surface area contributed by atoms with E-state index in [0.717, 1.165) is 0 Å². The van der Waals surface area contributed by atoms with Gasteiger partial charge in [-0.15, -0.1) is 0 Å². The first-order valence-corrected chi connectivity index (χ1v) is 8.95.